The van der Waals surface area contributed by atoms with Gasteiger partial charge in [-0.25, -0.2) is 4.98 Å². The molecule has 1 saturated heterocycles. The SMILES string of the molecule is OC1(Cc2cnco2)CNC1. The lowest BCUT2D eigenvalue weighted by Crippen LogP contribution is -2.60. The topological polar surface area (TPSA) is 58.3 Å². The van der Waals surface area contributed by atoms with Crippen LogP contribution < -0.4 is 5.32 Å². The van der Waals surface area contributed by atoms with Crippen molar-refractivity contribution in [2.75, 3.05) is 13.1 Å². The molecule has 2 N–H and O–H groups in total. The van der Waals surface area contributed by atoms with Gasteiger partial charge >= 0.3 is 0 Å². The lowest BCUT2D eigenvalue weighted by Gasteiger charge is -2.36. The molecule has 0 aromatic carbocycles. The molecule has 0 amide bonds. The van der Waals surface area contributed by atoms with Crippen LogP contribution in [0.2, 0.25) is 0 Å². The first kappa shape index (κ1) is 6.82. The van der Waals surface area contributed by atoms with Crippen molar-refractivity contribution < 1.29 is 9.52 Å². The zero-order valence-electron chi connectivity index (χ0n) is 6.08. The number of aliphatic hydroxyl groups is 1. The van der Waals surface area contributed by atoms with Crippen LogP contribution in [-0.4, -0.2) is 28.8 Å². The van der Waals surface area contributed by atoms with E-state index in [1.165, 1.54) is 6.39 Å². The number of β-amino-alcohol motifs (C(OH)–C–C–N with tert-alkyl or cyclic N) is 1. The summed E-state index contributed by atoms with van der Waals surface area (Å²) >= 11 is 0. The molecule has 1 aliphatic rings. The van der Waals surface area contributed by atoms with Gasteiger partial charge in [-0.05, 0) is 0 Å². The summed E-state index contributed by atoms with van der Waals surface area (Å²) in [7, 11) is 0. The molecule has 11 heavy (non-hydrogen) atoms. The molecule has 2 heterocycles. The third-order valence-corrected chi connectivity index (χ3v) is 1.89. The first-order valence-electron chi connectivity index (χ1n) is 3.59. The Morgan fingerprint density at radius 1 is 1.73 bits per heavy atom. The summed E-state index contributed by atoms with van der Waals surface area (Å²) in [6.45, 7) is 1.29. The second kappa shape index (κ2) is 2.32. The molecular weight excluding hydrogens is 144 g/mol. The Bertz CT molecular complexity index is 229. The van der Waals surface area contributed by atoms with Gasteiger partial charge in [-0.3, -0.25) is 0 Å². The summed E-state index contributed by atoms with van der Waals surface area (Å²) in [6.07, 6.45) is 3.57. The van der Waals surface area contributed by atoms with Crippen LogP contribution in [0.4, 0.5) is 0 Å². The maximum absolute atomic E-state index is 9.63. The fourth-order valence-electron chi connectivity index (χ4n) is 1.19. The number of hydrogen-bond acceptors (Lipinski definition) is 4. The molecule has 60 valence electrons. The first-order valence-corrected chi connectivity index (χ1v) is 3.59. The Kier molecular flexibility index (Phi) is 1.44. The largest absolute Gasteiger partial charge is 0.448 e. The Morgan fingerprint density at radius 3 is 3.00 bits per heavy atom. The number of oxazole rings is 1. The highest BCUT2D eigenvalue weighted by molar-refractivity contribution is 5.03. The van der Waals surface area contributed by atoms with Crippen LogP contribution >= 0.6 is 0 Å². The highest BCUT2D eigenvalue weighted by atomic mass is 16.3. The minimum atomic E-state index is -0.598. The molecular formula is C7H10N2O2. The van der Waals surface area contributed by atoms with Crippen LogP contribution in [0.15, 0.2) is 17.0 Å². The number of hydrogen-bond donors (Lipinski definition) is 2. The predicted octanol–water partition coefficient (Wildman–Crippen LogP) is -0.449. The van der Waals surface area contributed by atoms with Crippen LogP contribution in [0.5, 0.6) is 0 Å². The smallest absolute Gasteiger partial charge is 0.180 e. The van der Waals surface area contributed by atoms with Crippen LogP contribution in [0, 0.1) is 0 Å². The summed E-state index contributed by atoms with van der Waals surface area (Å²) in [5, 5.41) is 12.6. The number of nitrogens with one attached hydrogen (secondary N) is 1. The first-order chi connectivity index (χ1) is 5.29. The molecule has 0 aliphatic carbocycles. The molecule has 4 heteroatoms. The van der Waals surface area contributed by atoms with E-state index in [0.29, 0.717) is 19.5 Å². The van der Waals surface area contributed by atoms with Crippen molar-refractivity contribution in [3.8, 4) is 0 Å². The molecule has 0 atom stereocenters. The van der Waals surface area contributed by atoms with Crippen LogP contribution in [0.1, 0.15) is 5.76 Å². The highest BCUT2D eigenvalue weighted by Crippen LogP contribution is 2.16. The van der Waals surface area contributed by atoms with Gasteiger partial charge in [0.05, 0.1) is 11.8 Å². The van der Waals surface area contributed by atoms with Gasteiger partial charge in [0, 0.05) is 19.5 Å². The molecule has 0 saturated carbocycles. The molecule has 1 fully saturated rings. The lowest BCUT2D eigenvalue weighted by atomic mass is 9.92. The third-order valence-electron chi connectivity index (χ3n) is 1.89. The molecule has 0 radical (unpaired) electrons. The lowest BCUT2D eigenvalue weighted by molar-refractivity contribution is -0.0130. The van der Waals surface area contributed by atoms with Gasteiger partial charge in [0.25, 0.3) is 0 Å². The average Bonchev–Trinajstić information content (AvgIpc) is 2.36. The molecule has 2 rings (SSSR count). The third kappa shape index (κ3) is 1.27. The summed E-state index contributed by atoms with van der Waals surface area (Å²) < 4.78 is 5.01. The predicted molar refractivity (Wildman–Crippen MR) is 38.0 cm³/mol. The summed E-state index contributed by atoms with van der Waals surface area (Å²) in [6, 6.07) is 0. The second-order valence-corrected chi connectivity index (χ2v) is 2.97. The van der Waals surface area contributed by atoms with Crippen LogP contribution in [0.25, 0.3) is 0 Å². The molecule has 0 unspecified atom stereocenters. The van der Waals surface area contributed by atoms with E-state index in [1.807, 2.05) is 0 Å². The van der Waals surface area contributed by atoms with E-state index in [-0.39, 0.29) is 0 Å². The monoisotopic (exact) mass is 154 g/mol. The zero-order chi connectivity index (χ0) is 7.73. The van der Waals surface area contributed by atoms with E-state index in [0.717, 1.165) is 5.76 Å². The van der Waals surface area contributed by atoms with Crippen LogP contribution in [0.3, 0.4) is 0 Å². The molecule has 1 aliphatic heterocycles. The molecule has 4 nitrogen and oxygen atoms in total. The Labute approximate surface area is 64.2 Å². The fourth-order valence-corrected chi connectivity index (χ4v) is 1.19. The van der Waals surface area contributed by atoms with Crippen molar-refractivity contribution in [2.45, 2.75) is 12.0 Å². The van der Waals surface area contributed by atoms with Gasteiger partial charge in [-0.2, -0.15) is 0 Å². The summed E-state index contributed by atoms with van der Waals surface area (Å²) in [5.74, 6) is 0.744. The van der Waals surface area contributed by atoms with Gasteiger partial charge in [-0.1, -0.05) is 0 Å². The Balaban J connectivity index is 2.00. The van der Waals surface area contributed by atoms with Crippen molar-refractivity contribution in [1.29, 1.82) is 0 Å². The van der Waals surface area contributed by atoms with Crippen molar-refractivity contribution in [3.63, 3.8) is 0 Å². The summed E-state index contributed by atoms with van der Waals surface area (Å²) in [5.41, 5.74) is -0.598. The van der Waals surface area contributed by atoms with Crippen LogP contribution in [-0.2, 0) is 6.42 Å². The minimum Gasteiger partial charge on any atom is -0.448 e. The van der Waals surface area contributed by atoms with Crippen molar-refractivity contribution in [1.82, 2.24) is 10.3 Å². The van der Waals surface area contributed by atoms with Gasteiger partial charge in [0.2, 0.25) is 0 Å². The minimum absolute atomic E-state index is 0.556. The highest BCUT2D eigenvalue weighted by Gasteiger charge is 2.35. The van der Waals surface area contributed by atoms with Crippen molar-refractivity contribution in [2.24, 2.45) is 0 Å². The van der Waals surface area contributed by atoms with E-state index >= 15 is 0 Å². The molecule has 1 aromatic rings. The van der Waals surface area contributed by atoms with E-state index < -0.39 is 5.60 Å². The average molecular weight is 154 g/mol. The normalized spacial score (nSPS) is 21.2. The number of aromatic nitrogens is 1. The standard InChI is InChI=1S/C7H10N2O2/c10-7(3-9-4-7)1-6-2-8-5-11-6/h2,5,9-10H,1,3-4H2. The maximum atomic E-state index is 9.63. The second-order valence-electron chi connectivity index (χ2n) is 2.97. The molecule has 0 spiro atoms. The quantitative estimate of drug-likeness (QED) is 0.606. The molecule has 0 bridgehead atoms. The summed E-state index contributed by atoms with van der Waals surface area (Å²) in [4.78, 5) is 3.77. The van der Waals surface area contributed by atoms with Gasteiger partial charge in [0.1, 0.15) is 5.76 Å². The van der Waals surface area contributed by atoms with Gasteiger partial charge < -0.3 is 14.8 Å². The Hall–Kier alpha value is -0.870. The maximum Gasteiger partial charge on any atom is 0.180 e. The number of nitrogens with zero attached hydrogens (tertiary/aromatic N) is 1. The zero-order valence-corrected chi connectivity index (χ0v) is 6.08. The number of rotatable bonds is 2. The van der Waals surface area contributed by atoms with E-state index in [2.05, 4.69) is 10.3 Å². The van der Waals surface area contributed by atoms with E-state index in [1.54, 1.807) is 6.20 Å². The van der Waals surface area contributed by atoms with Crippen molar-refractivity contribution in [3.05, 3.63) is 18.4 Å². The Morgan fingerprint density at radius 2 is 2.55 bits per heavy atom. The van der Waals surface area contributed by atoms with E-state index in [9.17, 15) is 5.11 Å². The molecule has 1 aromatic heterocycles. The van der Waals surface area contributed by atoms with Crippen molar-refractivity contribution >= 4 is 0 Å². The van der Waals surface area contributed by atoms with Gasteiger partial charge in [0.15, 0.2) is 6.39 Å². The van der Waals surface area contributed by atoms with E-state index in [4.69, 9.17) is 4.42 Å². The van der Waals surface area contributed by atoms with Gasteiger partial charge in [-0.15, -0.1) is 0 Å². The fraction of sp³-hybridized carbons (Fsp3) is 0.571.